The second-order valence-electron chi connectivity index (χ2n) is 6.17. The van der Waals surface area contributed by atoms with Crippen molar-refractivity contribution in [1.29, 1.82) is 0 Å². The minimum atomic E-state index is 0.526. The molecule has 0 aliphatic heterocycles. The monoisotopic (exact) mass is 420 g/mol. The van der Waals surface area contributed by atoms with Gasteiger partial charge in [0.1, 0.15) is 0 Å². The molecule has 3 rings (SSSR count). The van der Waals surface area contributed by atoms with E-state index in [1.807, 2.05) is 13.1 Å². The van der Waals surface area contributed by atoms with Crippen molar-refractivity contribution in [3.05, 3.63) is 46.7 Å². The predicted octanol–water partition coefficient (Wildman–Crippen LogP) is 5.21. The summed E-state index contributed by atoms with van der Waals surface area (Å²) in [6.07, 6.45) is 2.70. The minimum Gasteiger partial charge on any atom is -0.424 e. The van der Waals surface area contributed by atoms with Crippen molar-refractivity contribution in [3.8, 4) is 11.3 Å². The molecule has 0 saturated carbocycles. The van der Waals surface area contributed by atoms with Gasteiger partial charge in [-0.1, -0.05) is 60.6 Å². The topological polar surface area (TPSA) is 56.7 Å². The standard InChI is InChI=1S/C18H21BrN4OS/c1-4-16-21-22-17(24-16)11-25-18-20-9-15(23(18)10-12(2)3)13-5-7-14(19)8-6-13/h5-9,12H,4,10-11H2,1-3H3. The highest BCUT2D eigenvalue weighted by Gasteiger charge is 2.15. The van der Waals surface area contributed by atoms with Gasteiger partial charge in [0.25, 0.3) is 0 Å². The molecule has 0 atom stereocenters. The molecule has 0 amide bonds. The smallest absolute Gasteiger partial charge is 0.226 e. The summed E-state index contributed by atoms with van der Waals surface area (Å²) in [5.41, 5.74) is 2.29. The highest BCUT2D eigenvalue weighted by molar-refractivity contribution is 9.10. The zero-order valence-corrected chi connectivity index (χ0v) is 17.0. The lowest BCUT2D eigenvalue weighted by molar-refractivity contribution is 0.469. The van der Waals surface area contributed by atoms with Gasteiger partial charge in [-0.25, -0.2) is 4.98 Å². The first kappa shape index (κ1) is 18.2. The van der Waals surface area contributed by atoms with Crippen molar-refractivity contribution in [2.24, 2.45) is 5.92 Å². The zero-order chi connectivity index (χ0) is 17.8. The normalized spacial score (nSPS) is 11.4. The molecule has 0 fully saturated rings. The van der Waals surface area contributed by atoms with Crippen LogP contribution >= 0.6 is 27.7 Å². The van der Waals surface area contributed by atoms with E-state index in [-0.39, 0.29) is 0 Å². The molecule has 0 spiro atoms. The van der Waals surface area contributed by atoms with E-state index in [0.717, 1.165) is 33.9 Å². The summed E-state index contributed by atoms with van der Waals surface area (Å²) in [6, 6.07) is 8.33. The first-order chi connectivity index (χ1) is 12.1. The number of aromatic nitrogens is 4. The fraction of sp³-hybridized carbons (Fsp3) is 0.389. The summed E-state index contributed by atoms with van der Waals surface area (Å²) >= 11 is 5.12. The van der Waals surface area contributed by atoms with Gasteiger partial charge >= 0.3 is 0 Å². The Morgan fingerprint density at radius 2 is 1.88 bits per heavy atom. The highest BCUT2D eigenvalue weighted by atomic mass is 79.9. The number of rotatable bonds is 7. The Kier molecular flexibility index (Phi) is 5.96. The predicted molar refractivity (Wildman–Crippen MR) is 103 cm³/mol. The van der Waals surface area contributed by atoms with Gasteiger partial charge in [0.15, 0.2) is 5.16 Å². The van der Waals surface area contributed by atoms with Crippen LogP contribution in [0.4, 0.5) is 0 Å². The Labute approximate surface area is 160 Å². The van der Waals surface area contributed by atoms with E-state index >= 15 is 0 Å². The maximum absolute atomic E-state index is 5.59. The first-order valence-electron chi connectivity index (χ1n) is 8.32. The van der Waals surface area contributed by atoms with Gasteiger partial charge in [-0.15, -0.1) is 10.2 Å². The number of benzene rings is 1. The molecular formula is C18H21BrN4OS. The van der Waals surface area contributed by atoms with Gasteiger partial charge in [0, 0.05) is 17.4 Å². The molecule has 0 aliphatic carbocycles. The molecule has 2 aromatic heterocycles. The largest absolute Gasteiger partial charge is 0.424 e. The Bertz CT molecular complexity index is 826. The molecule has 0 radical (unpaired) electrons. The maximum Gasteiger partial charge on any atom is 0.226 e. The number of hydrogen-bond donors (Lipinski definition) is 0. The number of hydrogen-bond acceptors (Lipinski definition) is 5. The molecule has 132 valence electrons. The second kappa shape index (κ2) is 8.19. The molecule has 1 aromatic carbocycles. The van der Waals surface area contributed by atoms with Crippen molar-refractivity contribution >= 4 is 27.7 Å². The third kappa shape index (κ3) is 4.52. The molecule has 0 saturated heterocycles. The molecule has 3 aromatic rings. The Morgan fingerprint density at radius 1 is 1.16 bits per heavy atom. The Morgan fingerprint density at radius 3 is 2.52 bits per heavy atom. The van der Waals surface area contributed by atoms with Crippen LogP contribution in [0.3, 0.4) is 0 Å². The molecule has 2 heterocycles. The lowest BCUT2D eigenvalue weighted by Crippen LogP contribution is -2.07. The van der Waals surface area contributed by atoms with Crippen molar-refractivity contribution < 1.29 is 4.42 Å². The number of aryl methyl sites for hydroxylation is 1. The number of thioether (sulfide) groups is 1. The van der Waals surface area contributed by atoms with E-state index < -0.39 is 0 Å². The van der Waals surface area contributed by atoms with Crippen molar-refractivity contribution in [2.45, 2.75) is 44.6 Å². The summed E-state index contributed by atoms with van der Waals surface area (Å²) in [5, 5.41) is 9.08. The molecule has 0 N–H and O–H groups in total. The van der Waals surface area contributed by atoms with Gasteiger partial charge in [-0.2, -0.15) is 0 Å². The first-order valence-corrected chi connectivity index (χ1v) is 10.1. The van der Waals surface area contributed by atoms with Crippen LogP contribution < -0.4 is 0 Å². The summed E-state index contributed by atoms with van der Waals surface area (Å²) in [6.45, 7) is 7.35. The average molecular weight is 421 g/mol. The van der Waals surface area contributed by atoms with Gasteiger partial charge in [0.2, 0.25) is 11.8 Å². The molecule has 25 heavy (non-hydrogen) atoms. The third-order valence-electron chi connectivity index (χ3n) is 3.64. The van der Waals surface area contributed by atoms with E-state index in [0.29, 0.717) is 23.5 Å². The van der Waals surface area contributed by atoms with Gasteiger partial charge in [0.05, 0.1) is 17.6 Å². The molecule has 7 heteroatoms. The molecule has 0 unspecified atom stereocenters. The molecule has 5 nitrogen and oxygen atoms in total. The number of nitrogens with zero attached hydrogens (tertiary/aromatic N) is 4. The zero-order valence-electron chi connectivity index (χ0n) is 14.6. The molecule has 0 aliphatic rings. The second-order valence-corrected chi connectivity index (χ2v) is 8.03. The summed E-state index contributed by atoms with van der Waals surface area (Å²) in [4.78, 5) is 4.63. The van der Waals surface area contributed by atoms with E-state index in [1.54, 1.807) is 11.8 Å². The fourth-order valence-electron chi connectivity index (χ4n) is 2.48. The summed E-state index contributed by atoms with van der Waals surface area (Å²) < 4.78 is 8.94. The summed E-state index contributed by atoms with van der Waals surface area (Å²) in [7, 11) is 0. The van der Waals surface area contributed by atoms with Gasteiger partial charge in [-0.05, 0) is 23.6 Å². The van der Waals surface area contributed by atoms with Gasteiger partial charge < -0.3 is 8.98 Å². The average Bonchev–Trinajstić information content (AvgIpc) is 3.20. The number of halogens is 1. The van der Waals surface area contributed by atoms with E-state index in [9.17, 15) is 0 Å². The highest BCUT2D eigenvalue weighted by Crippen LogP contribution is 2.29. The Hall–Kier alpha value is -1.60. The number of imidazole rings is 1. The summed E-state index contributed by atoms with van der Waals surface area (Å²) in [5.74, 6) is 2.47. The van der Waals surface area contributed by atoms with Crippen LogP contribution in [0.15, 0.2) is 44.5 Å². The van der Waals surface area contributed by atoms with Crippen LogP contribution in [-0.4, -0.2) is 19.7 Å². The minimum absolute atomic E-state index is 0.526. The van der Waals surface area contributed by atoms with Crippen LogP contribution in [0, 0.1) is 5.92 Å². The van der Waals surface area contributed by atoms with E-state index in [2.05, 4.69) is 73.8 Å². The fourth-order valence-corrected chi connectivity index (χ4v) is 3.57. The lowest BCUT2D eigenvalue weighted by Gasteiger charge is -2.14. The van der Waals surface area contributed by atoms with Crippen molar-refractivity contribution in [1.82, 2.24) is 19.7 Å². The van der Waals surface area contributed by atoms with Crippen molar-refractivity contribution in [2.75, 3.05) is 0 Å². The molecular weight excluding hydrogens is 400 g/mol. The third-order valence-corrected chi connectivity index (χ3v) is 5.15. The van der Waals surface area contributed by atoms with Crippen LogP contribution in [-0.2, 0) is 18.7 Å². The quantitative estimate of drug-likeness (QED) is 0.491. The molecule has 0 bridgehead atoms. The van der Waals surface area contributed by atoms with E-state index in [4.69, 9.17) is 4.42 Å². The van der Waals surface area contributed by atoms with Crippen LogP contribution in [0.2, 0.25) is 0 Å². The lowest BCUT2D eigenvalue weighted by atomic mass is 10.1. The Balaban J connectivity index is 1.84. The van der Waals surface area contributed by atoms with Crippen LogP contribution in [0.1, 0.15) is 32.6 Å². The van der Waals surface area contributed by atoms with Crippen LogP contribution in [0.25, 0.3) is 11.3 Å². The van der Waals surface area contributed by atoms with E-state index in [1.165, 1.54) is 0 Å². The van der Waals surface area contributed by atoms with Crippen LogP contribution in [0.5, 0.6) is 0 Å². The van der Waals surface area contributed by atoms with Crippen molar-refractivity contribution in [3.63, 3.8) is 0 Å². The van der Waals surface area contributed by atoms with Gasteiger partial charge in [-0.3, -0.25) is 0 Å². The SMILES string of the molecule is CCc1nnc(CSc2ncc(-c3ccc(Br)cc3)n2CC(C)C)o1. The maximum atomic E-state index is 5.59.